The molecule has 2 rings (SSSR count). The Balaban J connectivity index is 1.94. The van der Waals surface area contributed by atoms with E-state index in [4.69, 9.17) is 0 Å². The Morgan fingerprint density at radius 3 is 2.75 bits per heavy atom. The van der Waals surface area contributed by atoms with Crippen molar-refractivity contribution in [3.05, 3.63) is 12.3 Å². The van der Waals surface area contributed by atoms with Crippen LogP contribution in [0.4, 0.5) is 10.6 Å². The van der Waals surface area contributed by atoms with Crippen LogP contribution in [0.1, 0.15) is 20.3 Å². The van der Waals surface area contributed by atoms with Gasteiger partial charge in [0.2, 0.25) is 0 Å². The molecule has 1 aliphatic rings. The smallest absolute Gasteiger partial charge is 0.323 e. The molecular formula is C11H17N3O2. The molecule has 1 N–H and O–H groups in total. The summed E-state index contributed by atoms with van der Waals surface area (Å²) in [5, 5.41) is 6.37. The van der Waals surface area contributed by atoms with E-state index in [1.165, 1.54) is 12.7 Å². The molecule has 0 aromatic carbocycles. The number of rotatable bonds is 1. The van der Waals surface area contributed by atoms with E-state index in [1.807, 2.05) is 4.90 Å². The van der Waals surface area contributed by atoms with E-state index >= 15 is 0 Å². The SMILES string of the molecule is CC1CC(C)CN(C(=O)Nc2ccon2)C1. The summed E-state index contributed by atoms with van der Waals surface area (Å²) in [6.07, 6.45) is 2.63. The minimum absolute atomic E-state index is 0.0905. The van der Waals surface area contributed by atoms with Crippen molar-refractivity contribution in [2.24, 2.45) is 11.8 Å². The Hall–Kier alpha value is -1.52. The number of aromatic nitrogens is 1. The van der Waals surface area contributed by atoms with E-state index in [2.05, 4.69) is 28.8 Å². The highest BCUT2D eigenvalue weighted by Crippen LogP contribution is 2.21. The minimum atomic E-state index is -0.0905. The highest BCUT2D eigenvalue weighted by Gasteiger charge is 2.25. The normalized spacial score (nSPS) is 25.5. The van der Waals surface area contributed by atoms with Gasteiger partial charge in [0.15, 0.2) is 5.82 Å². The first-order valence-electron chi connectivity index (χ1n) is 5.61. The second-order valence-corrected chi connectivity index (χ2v) is 4.67. The summed E-state index contributed by atoms with van der Waals surface area (Å²) in [5.41, 5.74) is 0. The molecule has 5 nitrogen and oxygen atoms in total. The number of likely N-dealkylation sites (tertiary alicyclic amines) is 1. The number of nitrogens with zero attached hydrogens (tertiary/aromatic N) is 2. The number of carbonyl (C=O) groups is 1. The van der Waals surface area contributed by atoms with Gasteiger partial charge in [-0.1, -0.05) is 19.0 Å². The van der Waals surface area contributed by atoms with Gasteiger partial charge in [0.25, 0.3) is 0 Å². The Morgan fingerprint density at radius 2 is 2.19 bits per heavy atom. The van der Waals surface area contributed by atoms with Gasteiger partial charge in [0, 0.05) is 19.2 Å². The van der Waals surface area contributed by atoms with E-state index in [9.17, 15) is 4.79 Å². The molecule has 0 saturated carbocycles. The molecule has 0 spiro atoms. The molecule has 1 fully saturated rings. The number of hydrogen-bond donors (Lipinski definition) is 1. The molecule has 2 amide bonds. The van der Waals surface area contributed by atoms with Crippen LogP contribution in [0, 0.1) is 11.8 Å². The van der Waals surface area contributed by atoms with Gasteiger partial charge >= 0.3 is 6.03 Å². The van der Waals surface area contributed by atoms with Gasteiger partial charge in [-0.3, -0.25) is 5.32 Å². The molecule has 2 unspecified atom stereocenters. The van der Waals surface area contributed by atoms with Crippen molar-refractivity contribution in [2.45, 2.75) is 20.3 Å². The lowest BCUT2D eigenvalue weighted by Gasteiger charge is -2.34. The molecule has 1 aliphatic heterocycles. The molecular weight excluding hydrogens is 206 g/mol. The molecule has 16 heavy (non-hydrogen) atoms. The first kappa shape index (κ1) is 11.0. The van der Waals surface area contributed by atoms with Gasteiger partial charge in [0.1, 0.15) is 6.26 Å². The third-order valence-corrected chi connectivity index (χ3v) is 2.83. The van der Waals surface area contributed by atoms with Crippen LogP contribution in [0.5, 0.6) is 0 Å². The lowest BCUT2D eigenvalue weighted by Crippen LogP contribution is -2.44. The number of amides is 2. The highest BCUT2D eigenvalue weighted by molar-refractivity contribution is 5.88. The van der Waals surface area contributed by atoms with Gasteiger partial charge in [-0.2, -0.15) is 0 Å². The second kappa shape index (κ2) is 4.55. The van der Waals surface area contributed by atoms with Crippen LogP contribution in [0.25, 0.3) is 0 Å². The van der Waals surface area contributed by atoms with Gasteiger partial charge in [-0.25, -0.2) is 4.79 Å². The zero-order valence-corrected chi connectivity index (χ0v) is 9.64. The molecule has 5 heteroatoms. The summed E-state index contributed by atoms with van der Waals surface area (Å²) < 4.78 is 4.66. The monoisotopic (exact) mass is 223 g/mol. The summed E-state index contributed by atoms with van der Waals surface area (Å²) in [4.78, 5) is 13.7. The van der Waals surface area contributed by atoms with Crippen molar-refractivity contribution >= 4 is 11.8 Å². The van der Waals surface area contributed by atoms with Crippen molar-refractivity contribution in [1.82, 2.24) is 10.1 Å². The van der Waals surface area contributed by atoms with E-state index in [1.54, 1.807) is 6.07 Å². The number of piperidine rings is 1. The topological polar surface area (TPSA) is 58.4 Å². The Bertz CT molecular complexity index is 340. The van der Waals surface area contributed by atoms with Gasteiger partial charge < -0.3 is 9.42 Å². The average Bonchev–Trinajstić information content (AvgIpc) is 2.68. The van der Waals surface area contributed by atoms with Gasteiger partial charge in [-0.05, 0) is 18.3 Å². The summed E-state index contributed by atoms with van der Waals surface area (Å²) in [7, 11) is 0. The molecule has 2 heterocycles. The fourth-order valence-electron chi connectivity index (χ4n) is 2.29. The zero-order chi connectivity index (χ0) is 11.5. The predicted octanol–water partition coefficient (Wildman–Crippen LogP) is 2.18. The standard InChI is InChI=1S/C11H17N3O2/c1-8-5-9(2)7-14(6-8)11(15)12-10-3-4-16-13-10/h3-4,8-9H,5-7H2,1-2H3,(H,12,13,15). The Labute approximate surface area is 94.8 Å². The maximum atomic E-state index is 11.9. The van der Waals surface area contributed by atoms with Crippen LogP contribution in [0.3, 0.4) is 0 Å². The van der Waals surface area contributed by atoms with Crippen LogP contribution in [0.2, 0.25) is 0 Å². The van der Waals surface area contributed by atoms with E-state index in [0.29, 0.717) is 17.7 Å². The molecule has 1 saturated heterocycles. The maximum Gasteiger partial charge on any atom is 0.323 e. The predicted molar refractivity (Wildman–Crippen MR) is 60.0 cm³/mol. The first-order valence-corrected chi connectivity index (χ1v) is 5.61. The third kappa shape index (κ3) is 2.53. The second-order valence-electron chi connectivity index (χ2n) is 4.67. The molecule has 0 aliphatic carbocycles. The lowest BCUT2D eigenvalue weighted by molar-refractivity contribution is 0.156. The van der Waals surface area contributed by atoms with Crippen molar-refractivity contribution in [3.63, 3.8) is 0 Å². The zero-order valence-electron chi connectivity index (χ0n) is 9.64. The average molecular weight is 223 g/mol. The Morgan fingerprint density at radius 1 is 1.50 bits per heavy atom. The minimum Gasteiger partial charge on any atom is -0.363 e. The summed E-state index contributed by atoms with van der Waals surface area (Å²) in [6, 6.07) is 1.54. The van der Waals surface area contributed by atoms with Crippen LogP contribution < -0.4 is 5.32 Å². The number of hydrogen-bond acceptors (Lipinski definition) is 3. The summed E-state index contributed by atoms with van der Waals surface area (Å²) >= 11 is 0. The van der Waals surface area contributed by atoms with Crippen molar-refractivity contribution in [1.29, 1.82) is 0 Å². The summed E-state index contributed by atoms with van der Waals surface area (Å²) in [6.45, 7) is 5.97. The highest BCUT2D eigenvalue weighted by atomic mass is 16.5. The summed E-state index contributed by atoms with van der Waals surface area (Å²) in [5.74, 6) is 1.59. The quantitative estimate of drug-likeness (QED) is 0.793. The number of carbonyl (C=O) groups excluding carboxylic acids is 1. The largest absolute Gasteiger partial charge is 0.363 e. The van der Waals surface area contributed by atoms with Gasteiger partial charge in [-0.15, -0.1) is 0 Å². The van der Waals surface area contributed by atoms with Crippen LogP contribution in [-0.4, -0.2) is 29.2 Å². The molecule has 0 bridgehead atoms. The van der Waals surface area contributed by atoms with Crippen LogP contribution in [0.15, 0.2) is 16.9 Å². The fourth-order valence-corrected chi connectivity index (χ4v) is 2.29. The number of urea groups is 1. The van der Waals surface area contributed by atoms with E-state index < -0.39 is 0 Å². The molecule has 88 valence electrons. The number of nitrogens with one attached hydrogen (secondary N) is 1. The molecule has 1 aromatic rings. The van der Waals surface area contributed by atoms with Crippen LogP contribution >= 0.6 is 0 Å². The van der Waals surface area contributed by atoms with Gasteiger partial charge in [0.05, 0.1) is 0 Å². The van der Waals surface area contributed by atoms with Crippen LogP contribution in [-0.2, 0) is 0 Å². The third-order valence-electron chi connectivity index (χ3n) is 2.83. The fraction of sp³-hybridized carbons (Fsp3) is 0.636. The van der Waals surface area contributed by atoms with Crippen molar-refractivity contribution in [3.8, 4) is 0 Å². The first-order chi connectivity index (χ1) is 7.65. The molecule has 1 aromatic heterocycles. The molecule has 0 radical (unpaired) electrons. The lowest BCUT2D eigenvalue weighted by atomic mass is 9.92. The van der Waals surface area contributed by atoms with E-state index in [-0.39, 0.29) is 6.03 Å². The number of anilines is 1. The molecule has 2 atom stereocenters. The van der Waals surface area contributed by atoms with E-state index in [0.717, 1.165) is 13.1 Å². The van der Waals surface area contributed by atoms with Crippen molar-refractivity contribution < 1.29 is 9.32 Å². The van der Waals surface area contributed by atoms with Crippen molar-refractivity contribution in [2.75, 3.05) is 18.4 Å². The Kier molecular flexibility index (Phi) is 3.12. The maximum absolute atomic E-state index is 11.9.